The van der Waals surface area contributed by atoms with Crippen molar-refractivity contribution in [2.24, 2.45) is 5.73 Å². The van der Waals surface area contributed by atoms with Gasteiger partial charge in [-0.1, -0.05) is 0 Å². The summed E-state index contributed by atoms with van der Waals surface area (Å²) in [4.78, 5) is 25.5. The molecular formula is C19H20BrN3O5S. The standard InChI is InChI=1S/C19H20BrN3O5S/c1-22(15-5-2-13(3-6-15)18(21)24)19(25)14-4-7-16(20)17(12-14)29(26,27)23-8-10-28-11-9-23/h2-7,12H,8-11H2,1H3,(H2,21,24). The molecule has 0 atom stereocenters. The number of nitrogens with two attached hydrogens (primary N) is 1. The van der Waals surface area contributed by atoms with Gasteiger partial charge in [0.25, 0.3) is 5.91 Å². The van der Waals surface area contributed by atoms with Crippen molar-refractivity contribution < 1.29 is 22.7 Å². The van der Waals surface area contributed by atoms with Gasteiger partial charge in [-0.15, -0.1) is 0 Å². The lowest BCUT2D eigenvalue weighted by atomic mass is 10.1. The Hall–Kier alpha value is -2.27. The van der Waals surface area contributed by atoms with E-state index in [9.17, 15) is 18.0 Å². The number of primary amides is 1. The summed E-state index contributed by atoms with van der Waals surface area (Å²) in [5.41, 5.74) is 6.33. The molecule has 0 aromatic heterocycles. The number of carbonyl (C=O) groups excluding carboxylic acids is 2. The Morgan fingerprint density at radius 3 is 2.24 bits per heavy atom. The third kappa shape index (κ3) is 4.50. The zero-order valence-electron chi connectivity index (χ0n) is 15.7. The molecule has 2 aromatic carbocycles. The molecule has 29 heavy (non-hydrogen) atoms. The number of benzene rings is 2. The molecule has 1 aliphatic rings. The van der Waals surface area contributed by atoms with E-state index in [-0.39, 0.29) is 29.5 Å². The summed E-state index contributed by atoms with van der Waals surface area (Å²) >= 11 is 3.28. The molecule has 0 unspecified atom stereocenters. The van der Waals surface area contributed by atoms with E-state index in [0.29, 0.717) is 28.9 Å². The highest BCUT2D eigenvalue weighted by Crippen LogP contribution is 2.28. The Balaban J connectivity index is 1.90. The number of nitrogens with zero attached hydrogens (tertiary/aromatic N) is 2. The molecule has 0 radical (unpaired) electrons. The van der Waals surface area contributed by atoms with Crippen LogP contribution < -0.4 is 10.6 Å². The number of morpholine rings is 1. The highest BCUT2D eigenvalue weighted by Gasteiger charge is 2.29. The lowest BCUT2D eigenvalue weighted by Crippen LogP contribution is -2.40. The van der Waals surface area contributed by atoms with Crippen LogP contribution in [0.15, 0.2) is 51.8 Å². The largest absolute Gasteiger partial charge is 0.379 e. The summed E-state index contributed by atoms with van der Waals surface area (Å²) in [6.07, 6.45) is 0. The van der Waals surface area contributed by atoms with E-state index in [1.165, 1.54) is 27.4 Å². The average Bonchev–Trinajstić information content (AvgIpc) is 2.73. The first-order chi connectivity index (χ1) is 13.7. The second kappa shape index (κ2) is 8.62. The van der Waals surface area contributed by atoms with Gasteiger partial charge < -0.3 is 15.4 Å². The molecule has 10 heteroatoms. The zero-order chi connectivity index (χ0) is 21.2. The first kappa shape index (κ1) is 21.4. The van der Waals surface area contributed by atoms with Crippen LogP contribution in [0.3, 0.4) is 0 Å². The monoisotopic (exact) mass is 481 g/mol. The number of halogens is 1. The van der Waals surface area contributed by atoms with Gasteiger partial charge in [0.15, 0.2) is 0 Å². The fraction of sp³-hybridized carbons (Fsp3) is 0.263. The Labute approximate surface area is 177 Å². The number of sulfonamides is 1. The van der Waals surface area contributed by atoms with E-state index >= 15 is 0 Å². The van der Waals surface area contributed by atoms with Crippen LogP contribution in [0.5, 0.6) is 0 Å². The molecule has 1 heterocycles. The van der Waals surface area contributed by atoms with Crippen molar-refractivity contribution in [2.45, 2.75) is 4.90 Å². The van der Waals surface area contributed by atoms with Gasteiger partial charge in [0, 0.05) is 41.4 Å². The number of amides is 2. The molecule has 154 valence electrons. The SMILES string of the molecule is CN(C(=O)c1ccc(Br)c(S(=O)(=O)N2CCOCC2)c1)c1ccc(C(N)=O)cc1. The highest BCUT2D eigenvalue weighted by atomic mass is 79.9. The Bertz CT molecular complexity index is 1030. The Kier molecular flexibility index (Phi) is 6.37. The van der Waals surface area contributed by atoms with Crippen molar-refractivity contribution in [3.05, 3.63) is 58.1 Å². The van der Waals surface area contributed by atoms with Crippen molar-refractivity contribution in [3.63, 3.8) is 0 Å². The summed E-state index contributed by atoms with van der Waals surface area (Å²) in [6, 6.07) is 10.7. The summed E-state index contributed by atoms with van der Waals surface area (Å²) in [5, 5.41) is 0. The van der Waals surface area contributed by atoms with Gasteiger partial charge in [0.1, 0.15) is 0 Å². The van der Waals surface area contributed by atoms with Crippen molar-refractivity contribution in [1.82, 2.24) is 4.31 Å². The van der Waals surface area contributed by atoms with Gasteiger partial charge in [-0.05, 0) is 58.4 Å². The number of carbonyl (C=O) groups is 2. The van der Waals surface area contributed by atoms with E-state index in [4.69, 9.17) is 10.5 Å². The first-order valence-electron chi connectivity index (χ1n) is 8.77. The summed E-state index contributed by atoms with van der Waals surface area (Å²) in [6.45, 7) is 1.19. The third-order valence-electron chi connectivity index (χ3n) is 4.61. The maximum atomic E-state index is 13.0. The molecule has 2 aromatic rings. The summed E-state index contributed by atoms with van der Waals surface area (Å²) in [7, 11) is -2.20. The number of ether oxygens (including phenoxy) is 1. The third-order valence-corrected chi connectivity index (χ3v) is 7.50. The maximum absolute atomic E-state index is 13.0. The van der Waals surface area contributed by atoms with Gasteiger partial charge in [0.2, 0.25) is 15.9 Å². The zero-order valence-corrected chi connectivity index (χ0v) is 18.1. The maximum Gasteiger partial charge on any atom is 0.258 e. The molecule has 3 rings (SSSR count). The fourth-order valence-corrected chi connectivity index (χ4v) is 5.28. The van der Waals surface area contributed by atoms with E-state index in [0.717, 1.165) is 0 Å². The molecule has 1 saturated heterocycles. The number of hydrogen-bond donors (Lipinski definition) is 1. The molecule has 0 spiro atoms. The first-order valence-corrected chi connectivity index (χ1v) is 11.0. The predicted molar refractivity (Wildman–Crippen MR) is 111 cm³/mol. The summed E-state index contributed by atoms with van der Waals surface area (Å²) in [5.74, 6) is -0.945. The molecule has 2 amide bonds. The van der Waals surface area contributed by atoms with Crippen LogP contribution in [0, 0.1) is 0 Å². The van der Waals surface area contributed by atoms with Crippen LogP contribution in [-0.2, 0) is 14.8 Å². The molecule has 1 aliphatic heterocycles. The second-order valence-corrected chi connectivity index (χ2v) is 9.20. The summed E-state index contributed by atoms with van der Waals surface area (Å²) < 4.78 is 32.9. The van der Waals surface area contributed by atoms with Crippen molar-refractivity contribution in [2.75, 3.05) is 38.3 Å². The van der Waals surface area contributed by atoms with Crippen molar-refractivity contribution in [1.29, 1.82) is 0 Å². The minimum Gasteiger partial charge on any atom is -0.379 e. The Morgan fingerprint density at radius 2 is 1.66 bits per heavy atom. The van der Waals surface area contributed by atoms with Crippen LogP contribution >= 0.6 is 15.9 Å². The van der Waals surface area contributed by atoms with E-state index in [2.05, 4.69) is 15.9 Å². The molecule has 0 aliphatic carbocycles. The molecule has 8 nitrogen and oxygen atoms in total. The van der Waals surface area contributed by atoms with Crippen molar-refractivity contribution in [3.8, 4) is 0 Å². The lowest BCUT2D eigenvalue weighted by Gasteiger charge is -2.26. The second-order valence-electron chi connectivity index (χ2n) is 6.44. The van der Waals surface area contributed by atoms with Crippen LogP contribution in [0.25, 0.3) is 0 Å². The van der Waals surface area contributed by atoms with Crippen LogP contribution in [0.1, 0.15) is 20.7 Å². The molecule has 1 fully saturated rings. The predicted octanol–water partition coefficient (Wildman–Crippen LogP) is 1.85. The van der Waals surface area contributed by atoms with E-state index in [1.807, 2.05) is 0 Å². The van der Waals surface area contributed by atoms with Crippen LogP contribution in [0.4, 0.5) is 5.69 Å². The van der Waals surface area contributed by atoms with Gasteiger partial charge in [-0.2, -0.15) is 4.31 Å². The smallest absolute Gasteiger partial charge is 0.258 e. The number of hydrogen-bond acceptors (Lipinski definition) is 5. The topological polar surface area (TPSA) is 110 Å². The number of anilines is 1. The Morgan fingerprint density at radius 1 is 1.07 bits per heavy atom. The highest BCUT2D eigenvalue weighted by molar-refractivity contribution is 9.10. The van der Waals surface area contributed by atoms with Gasteiger partial charge in [-0.25, -0.2) is 8.42 Å². The van der Waals surface area contributed by atoms with Crippen molar-refractivity contribution >= 4 is 43.5 Å². The van der Waals surface area contributed by atoms with Gasteiger partial charge in [-0.3, -0.25) is 9.59 Å². The minimum atomic E-state index is -3.77. The molecule has 2 N–H and O–H groups in total. The minimum absolute atomic E-state index is 0.0303. The van der Waals surface area contributed by atoms with Crippen LogP contribution in [-0.4, -0.2) is 57.9 Å². The van der Waals surface area contributed by atoms with Crippen LogP contribution in [0.2, 0.25) is 0 Å². The van der Waals surface area contributed by atoms with E-state index < -0.39 is 15.9 Å². The quantitative estimate of drug-likeness (QED) is 0.700. The molecule has 0 bridgehead atoms. The average molecular weight is 482 g/mol. The lowest BCUT2D eigenvalue weighted by molar-refractivity contribution is 0.0730. The molecular weight excluding hydrogens is 462 g/mol. The van der Waals surface area contributed by atoms with Gasteiger partial charge in [0.05, 0.1) is 18.1 Å². The fourth-order valence-electron chi connectivity index (χ4n) is 2.92. The number of rotatable bonds is 5. The molecule has 0 saturated carbocycles. The van der Waals surface area contributed by atoms with E-state index in [1.54, 1.807) is 31.3 Å². The van der Waals surface area contributed by atoms with Gasteiger partial charge >= 0.3 is 0 Å². The normalized spacial score (nSPS) is 15.1.